The number of anilines is 1. The van der Waals surface area contributed by atoms with Crippen LogP contribution in [0.4, 0.5) is 5.13 Å². The Morgan fingerprint density at radius 2 is 1.93 bits per heavy atom. The molecule has 0 bridgehead atoms. The Bertz CT molecular complexity index is 318. The van der Waals surface area contributed by atoms with Crippen LogP contribution in [0.2, 0.25) is 0 Å². The molecule has 1 heterocycles. The Hall–Kier alpha value is -0.500. The normalized spacial score (nSPS) is 10.5. The third-order valence-corrected chi connectivity index (χ3v) is 2.98. The zero-order valence-electron chi connectivity index (χ0n) is 8.86. The zero-order valence-corrected chi connectivity index (χ0v) is 10.5. The van der Waals surface area contributed by atoms with Gasteiger partial charge < -0.3 is 14.4 Å². The topological polar surface area (TPSA) is 50.4 Å². The van der Waals surface area contributed by atoms with Gasteiger partial charge in [0.15, 0.2) is 3.95 Å². The summed E-state index contributed by atoms with van der Waals surface area (Å²) in [5.41, 5.74) is 0. The summed E-state index contributed by atoms with van der Waals surface area (Å²) in [5, 5.41) is 7.77. The monoisotopic (exact) mass is 249 g/mol. The molecule has 0 aliphatic rings. The van der Waals surface area contributed by atoms with Gasteiger partial charge >= 0.3 is 0 Å². The van der Waals surface area contributed by atoms with E-state index >= 15 is 0 Å². The van der Waals surface area contributed by atoms with Crippen LogP contribution in [0.5, 0.6) is 0 Å². The first-order valence-electron chi connectivity index (χ1n) is 4.56. The van der Waals surface area contributed by atoms with E-state index in [2.05, 4.69) is 15.1 Å². The van der Waals surface area contributed by atoms with Gasteiger partial charge in [-0.1, -0.05) is 11.3 Å². The van der Waals surface area contributed by atoms with Crippen molar-refractivity contribution in [3.05, 3.63) is 3.95 Å². The van der Waals surface area contributed by atoms with Crippen molar-refractivity contribution >= 4 is 28.7 Å². The fourth-order valence-corrected chi connectivity index (χ4v) is 1.99. The minimum Gasteiger partial charge on any atom is -0.383 e. The average molecular weight is 249 g/mol. The predicted molar refractivity (Wildman–Crippen MR) is 63.3 cm³/mol. The summed E-state index contributed by atoms with van der Waals surface area (Å²) >= 11 is 6.45. The van der Waals surface area contributed by atoms with Gasteiger partial charge in [0.2, 0.25) is 5.13 Å². The molecular formula is C8H15N3O2S2. The molecule has 0 fully saturated rings. The number of ether oxygens (including phenoxy) is 2. The maximum absolute atomic E-state index is 5.04. The van der Waals surface area contributed by atoms with E-state index < -0.39 is 0 Å². The van der Waals surface area contributed by atoms with Crippen molar-refractivity contribution < 1.29 is 9.47 Å². The quantitative estimate of drug-likeness (QED) is 0.738. The van der Waals surface area contributed by atoms with E-state index in [1.54, 1.807) is 14.2 Å². The lowest BCUT2D eigenvalue weighted by Crippen LogP contribution is -2.30. The van der Waals surface area contributed by atoms with Crippen molar-refractivity contribution in [1.29, 1.82) is 0 Å². The Kier molecular flexibility index (Phi) is 5.77. The molecule has 0 atom stereocenters. The predicted octanol–water partition coefficient (Wildman–Crippen LogP) is 1.30. The molecule has 0 spiro atoms. The number of hydrogen-bond donors (Lipinski definition) is 1. The van der Waals surface area contributed by atoms with E-state index in [0.29, 0.717) is 17.2 Å². The molecule has 0 saturated heterocycles. The van der Waals surface area contributed by atoms with Crippen molar-refractivity contribution in [2.45, 2.75) is 0 Å². The van der Waals surface area contributed by atoms with Crippen molar-refractivity contribution in [1.82, 2.24) is 10.2 Å². The Labute approximate surface area is 98.0 Å². The minimum atomic E-state index is 0.663. The largest absolute Gasteiger partial charge is 0.383 e. The molecule has 1 aromatic heterocycles. The van der Waals surface area contributed by atoms with Crippen LogP contribution in [0.3, 0.4) is 0 Å². The van der Waals surface area contributed by atoms with Gasteiger partial charge in [0.25, 0.3) is 0 Å². The summed E-state index contributed by atoms with van der Waals surface area (Å²) in [6.45, 7) is 2.90. The third-order valence-electron chi connectivity index (χ3n) is 1.83. The lowest BCUT2D eigenvalue weighted by molar-refractivity contribution is 0.190. The smallest absolute Gasteiger partial charge is 0.207 e. The molecular weight excluding hydrogens is 234 g/mol. The van der Waals surface area contributed by atoms with E-state index in [4.69, 9.17) is 21.7 Å². The first-order chi connectivity index (χ1) is 7.27. The number of H-pyrrole nitrogens is 1. The fourth-order valence-electron chi connectivity index (χ4n) is 1.06. The van der Waals surface area contributed by atoms with Gasteiger partial charge in [-0.15, -0.1) is 5.10 Å². The Morgan fingerprint density at radius 3 is 2.33 bits per heavy atom. The highest BCUT2D eigenvalue weighted by Crippen LogP contribution is 2.16. The third kappa shape index (κ3) is 4.25. The van der Waals surface area contributed by atoms with E-state index in [0.717, 1.165) is 18.2 Å². The molecule has 0 aliphatic carbocycles. The number of nitrogens with zero attached hydrogens (tertiary/aromatic N) is 2. The fraction of sp³-hybridized carbons (Fsp3) is 0.750. The summed E-state index contributed by atoms with van der Waals surface area (Å²) in [5.74, 6) is 0. The summed E-state index contributed by atoms with van der Waals surface area (Å²) in [6, 6.07) is 0. The van der Waals surface area contributed by atoms with Crippen LogP contribution < -0.4 is 4.90 Å². The number of nitrogens with one attached hydrogen (secondary N) is 1. The Balaban J connectivity index is 2.58. The van der Waals surface area contributed by atoms with E-state index in [-0.39, 0.29) is 0 Å². The van der Waals surface area contributed by atoms with Crippen LogP contribution in [0, 0.1) is 3.95 Å². The molecule has 1 rings (SSSR count). The first kappa shape index (κ1) is 12.6. The van der Waals surface area contributed by atoms with E-state index in [1.165, 1.54) is 11.3 Å². The van der Waals surface area contributed by atoms with Gasteiger partial charge in [-0.25, -0.2) is 0 Å². The molecule has 1 N–H and O–H groups in total. The molecule has 86 valence electrons. The van der Waals surface area contributed by atoms with Gasteiger partial charge in [-0.2, -0.15) is 0 Å². The van der Waals surface area contributed by atoms with E-state index in [1.807, 2.05) is 0 Å². The summed E-state index contributed by atoms with van der Waals surface area (Å²) in [7, 11) is 3.36. The average Bonchev–Trinajstić information content (AvgIpc) is 2.65. The number of rotatable bonds is 7. The molecule has 0 saturated carbocycles. The van der Waals surface area contributed by atoms with Crippen molar-refractivity contribution in [2.24, 2.45) is 0 Å². The molecule has 5 nitrogen and oxygen atoms in total. The summed E-state index contributed by atoms with van der Waals surface area (Å²) in [4.78, 5) is 2.09. The van der Waals surface area contributed by atoms with Crippen LogP contribution in [-0.2, 0) is 9.47 Å². The highest BCUT2D eigenvalue weighted by Gasteiger charge is 2.09. The summed E-state index contributed by atoms with van der Waals surface area (Å²) in [6.07, 6.45) is 0. The van der Waals surface area contributed by atoms with Gasteiger partial charge in [-0.3, -0.25) is 5.10 Å². The van der Waals surface area contributed by atoms with Crippen LogP contribution >= 0.6 is 23.6 Å². The van der Waals surface area contributed by atoms with Gasteiger partial charge in [0.1, 0.15) is 0 Å². The van der Waals surface area contributed by atoms with Crippen molar-refractivity contribution in [2.75, 3.05) is 45.4 Å². The number of hydrogen-bond acceptors (Lipinski definition) is 6. The standard InChI is InChI=1S/C8H15N3O2S2/c1-12-5-3-11(4-6-13-2)7-9-10-8(14)15-7/h3-6H2,1-2H3,(H,10,14). The van der Waals surface area contributed by atoms with Crippen LogP contribution in [0.25, 0.3) is 0 Å². The lowest BCUT2D eigenvalue weighted by Gasteiger charge is -2.20. The zero-order chi connectivity index (χ0) is 11.1. The highest BCUT2D eigenvalue weighted by molar-refractivity contribution is 7.73. The molecule has 0 unspecified atom stereocenters. The Morgan fingerprint density at radius 1 is 1.33 bits per heavy atom. The lowest BCUT2D eigenvalue weighted by atomic mass is 10.5. The second-order valence-electron chi connectivity index (χ2n) is 2.87. The van der Waals surface area contributed by atoms with Crippen LogP contribution in [0.1, 0.15) is 0 Å². The van der Waals surface area contributed by atoms with Gasteiger partial charge in [0, 0.05) is 27.3 Å². The van der Waals surface area contributed by atoms with Crippen LogP contribution in [-0.4, -0.2) is 50.7 Å². The van der Waals surface area contributed by atoms with Crippen molar-refractivity contribution in [3.8, 4) is 0 Å². The molecule has 0 aromatic carbocycles. The molecule has 0 aliphatic heterocycles. The molecule has 1 aromatic rings. The number of aromatic nitrogens is 2. The summed E-state index contributed by atoms with van der Waals surface area (Å²) < 4.78 is 10.8. The SMILES string of the molecule is COCCN(CCOC)c1n[nH]c(=S)s1. The maximum atomic E-state index is 5.04. The second kappa shape index (κ2) is 6.89. The molecule has 15 heavy (non-hydrogen) atoms. The number of methoxy groups -OCH3 is 2. The molecule has 0 radical (unpaired) electrons. The van der Waals surface area contributed by atoms with Crippen molar-refractivity contribution in [3.63, 3.8) is 0 Å². The molecule has 0 amide bonds. The van der Waals surface area contributed by atoms with E-state index in [9.17, 15) is 0 Å². The van der Waals surface area contributed by atoms with Gasteiger partial charge in [0.05, 0.1) is 13.2 Å². The maximum Gasteiger partial charge on any atom is 0.207 e. The number of aromatic amines is 1. The second-order valence-corrected chi connectivity index (χ2v) is 4.51. The highest BCUT2D eigenvalue weighted by atomic mass is 32.1. The minimum absolute atomic E-state index is 0.663. The van der Waals surface area contributed by atoms with Crippen LogP contribution in [0.15, 0.2) is 0 Å². The molecule has 7 heteroatoms. The first-order valence-corrected chi connectivity index (χ1v) is 5.78. The van der Waals surface area contributed by atoms with Gasteiger partial charge in [-0.05, 0) is 12.2 Å².